The summed E-state index contributed by atoms with van der Waals surface area (Å²) in [5.41, 5.74) is 0. The molecule has 0 aromatic heterocycles. The maximum absolute atomic E-state index is 12.5. The highest BCUT2D eigenvalue weighted by Gasteiger charge is 2.48. The quantitative estimate of drug-likeness (QED) is 0.636. The van der Waals surface area contributed by atoms with Crippen LogP contribution in [0.2, 0.25) is 0 Å². The minimum absolute atomic E-state index is 0.0984. The lowest BCUT2D eigenvalue weighted by atomic mass is 10.1. The van der Waals surface area contributed by atoms with Crippen molar-refractivity contribution in [1.82, 2.24) is 15.1 Å². The third kappa shape index (κ3) is 4.59. The molecule has 1 saturated heterocycles. The number of ether oxygens (including phenoxy) is 1. The number of aliphatic hydroxyl groups excluding tert-OH is 1. The summed E-state index contributed by atoms with van der Waals surface area (Å²) in [6, 6.07) is 8.16. The van der Waals surface area contributed by atoms with Gasteiger partial charge in [-0.05, 0) is 18.6 Å². The zero-order chi connectivity index (χ0) is 20.1. The van der Waals surface area contributed by atoms with E-state index in [1.165, 1.54) is 4.90 Å². The van der Waals surface area contributed by atoms with Crippen molar-refractivity contribution in [1.29, 1.82) is 0 Å². The van der Waals surface area contributed by atoms with Gasteiger partial charge in [-0.25, -0.2) is 9.79 Å². The molecular formula is C19H26N4O4S. The van der Waals surface area contributed by atoms with Crippen LogP contribution in [0, 0.1) is 0 Å². The van der Waals surface area contributed by atoms with Gasteiger partial charge in [0.25, 0.3) is 5.91 Å². The second-order valence-electron chi connectivity index (χ2n) is 6.81. The van der Waals surface area contributed by atoms with Crippen molar-refractivity contribution in [3.05, 3.63) is 30.3 Å². The van der Waals surface area contributed by atoms with E-state index in [1.807, 2.05) is 30.3 Å². The number of urea groups is 1. The number of carbonyl (C=O) groups excluding carboxylic acids is 2. The van der Waals surface area contributed by atoms with Crippen LogP contribution >= 0.6 is 11.8 Å². The lowest BCUT2D eigenvalue weighted by Gasteiger charge is -2.36. The molecule has 2 aliphatic rings. The first-order chi connectivity index (χ1) is 13.5. The molecule has 152 valence electrons. The van der Waals surface area contributed by atoms with Gasteiger partial charge in [0.05, 0.1) is 6.54 Å². The number of hydrogen-bond acceptors (Lipinski definition) is 7. The Hall–Kier alpha value is -2.26. The van der Waals surface area contributed by atoms with Crippen molar-refractivity contribution in [3.63, 3.8) is 0 Å². The first-order valence-corrected chi connectivity index (χ1v) is 10.4. The number of carbonyl (C=O) groups is 2. The van der Waals surface area contributed by atoms with Crippen molar-refractivity contribution >= 4 is 28.9 Å². The molecule has 3 rings (SSSR count). The first-order valence-electron chi connectivity index (χ1n) is 9.42. The number of β-amino-alcohol motifs (C(OH)–C–C–N with tert-alkyl or cyclic N) is 1. The van der Waals surface area contributed by atoms with E-state index in [0.29, 0.717) is 10.9 Å². The van der Waals surface area contributed by atoms with Gasteiger partial charge in [-0.2, -0.15) is 0 Å². The van der Waals surface area contributed by atoms with E-state index in [0.717, 1.165) is 18.6 Å². The van der Waals surface area contributed by atoms with Crippen LogP contribution in [-0.4, -0.2) is 76.3 Å². The number of hydrogen-bond donors (Lipinski definition) is 2. The third-order valence-electron chi connectivity index (χ3n) is 4.64. The third-order valence-corrected chi connectivity index (χ3v) is 5.74. The Balaban J connectivity index is 1.69. The summed E-state index contributed by atoms with van der Waals surface area (Å²) in [7, 11) is 1.62. The second kappa shape index (κ2) is 9.29. The number of nitrogens with zero attached hydrogens (tertiary/aromatic N) is 3. The van der Waals surface area contributed by atoms with Crippen LogP contribution in [0.4, 0.5) is 4.79 Å². The summed E-state index contributed by atoms with van der Waals surface area (Å²) in [5.74, 6) is 1.15. The molecule has 1 aromatic rings. The number of imide groups is 1. The van der Waals surface area contributed by atoms with Gasteiger partial charge in [0.1, 0.15) is 18.5 Å². The molecule has 2 N–H and O–H groups in total. The van der Waals surface area contributed by atoms with Gasteiger partial charge in [0.2, 0.25) is 0 Å². The minimum Gasteiger partial charge on any atom is -0.491 e. The number of nitrogens with one attached hydrogen (secondary N) is 1. The van der Waals surface area contributed by atoms with Crippen LogP contribution in [-0.2, 0) is 4.79 Å². The zero-order valence-electron chi connectivity index (χ0n) is 16.1. The highest BCUT2D eigenvalue weighted by Crippen LogP contribution is 2.29. The zero-order valence-corrected chi connectivity index (χ0v) is 16.9. The van der Waals surface area contributed by atoms with Gasteiger partial charge in [0, 0.05) is 12.8 Å². The number of aliphatic hydroxyl groups is 1. The Labute approximate surface area is 168 Å². The maximum Gasteiger partial charge on any atom is 0.325 e. The Morgan fingerprint density at radius 1 is 1.32 bits per heavy atom. The number of aliphatic imine (C=N–C) groups is 1. The number of thioether (sulfide) groups is 1. The van der Waals surface area contributed by atoms with Gasteiger partial charge in [-0.3, -0.25) is 10.1 Å². The number of amidine groups is 1. The molecule has 8 nitrogen and oxygen atoms in total. The van der Waals surface area contributed by atoms with Gasteiger partial charge in [-0.15, -0.1) is 0 Å². The smallest absolute Gasteiger partial charge is 0.325 e. The molecule has 0 bridgehead atoms. The first kappa shape index (κ1) is 20.5. The van der Waals surface area contributed by atoms with Crippen LogP contribution in [0.25, 0.3) is 0 Å². The molecule has 3 amide bonds. The SMILES string of the molecule is CCCCSC1=NC2C(C(=O)NC(=O)N2C)N1CC(O)COc1ccccc1. The molecule has 0 aliphatic carbocycles. The molecule has 9 heteroatoms. The normalized spacial score (nSPS) is 22.6. The molecule has 2 aliphatic heterocycles. The Kier molecular flexibility index (Phi) is 6.79. The molecule has 28 heavy (non-hydrogen) atoms. The van der Waals surface area contributed by atoms with E-state index < -0.39 is 24.3 Å². The number of benzene rings is 1. The molecule has 0 spiro atoms. The van der Waals surface area contributed by atoms with Crippen molar-refractivity contribution < 1.29 is 19.4 Å². The maximum atomic E-state index is 12.5. The van der Waals surface area contributed by atoms with E-state index in [4.69, 9.17) is 4.74 Å². The van der Waals surface area contributed by atoms with Crippen molar-refractivity contribution in [2.75, 3.05) is 26.0 Å². The number of rotatable bonds is 8. The second-order valence-corrected chi connectivity index (χ2v) is 7.87. The molecule has 0 radical (unpaired) electrons. The standard InChI is InChI=1S/C19H26N4O4S/c1-3-4-10-28-19-20-16-15(17(25)21-18(26)22(16)2)23(19)11-13(24)12-27-14-8-6-5-7-9-14/h5-9,13,15-16,24H,3-4,10-12H2,1-2H3,(H,21,25,26). The van der Waals surface area contributed by atoms with E-state index in [9.17, 15) is 14.7 Å². The summed E-state index contributed by atoms with van der Waals surface area (Å²) in [4.78, 5) is 32.3. The number of para-hydroxylation sites is 1. The highest BCUT2D eigenvalue weighted by molar-refractivity contribution is 8.13. The number of fused-ring (bicyclic) bond motifs is 1. The molecular weight excluding hydrogens is 380 g/mol. The van der Waals surface area contributed by atoms with Crippen molar-refractivity contribution in [3.8, 4) is 5.75 Å². The number of unbranched alkanes of at least 4 members (excludes halogenated alkanes) is 1. The van der Waals surface area contributed by atoms with E-state index >= 15 is 0 Å². The van der Waals surface area contributed by atoms with Gasteiger partial charge in [-0.1, -0.05) is 43.3 Å². The molecule has 3 atom stereocenters. The summed E-state index contributed by atoms with van der Waals surface area (Å²) < 4.78 is 5.62. The summed E-state index contributed by atoms with van der Waals surface area (Å²) in [6.07, 6.45) is 0.687. The predicted octanol–water partition coefficient (Wildman–Crippen LogP) is 1.51. The van der Waals surface area contributed by atoms with Gasteiger partial charge in [0.15, 0.2) is 17.4 Å². The Morgan fingerprint density at radius 3 is 2.79 bits per heavy atom. The van der Waals surface area contributed by atoms with Crippen molar-refractivity contribution in [2.24, 2.45) is 4.99 Å². The predicted molar refractivity (Wildman–Crippen MR) is 108 cm³/mol. The largest absolute Gasteiger partial charge is 0.491 e. The van der Waals surface area contributed by atoms with E-state index in [-0.39, 0.29) is 19.1 Å². The number of amides is 3. The van der Waals surface area contributed by atoms with Crippen molar-refractivity contribution in [2.45, 2.75) is 38.1 Å². The summed E-state index contributed by atoms with van der Waals surface area (Å²) in [6.45, 7) is 2.40. The lowest BCUT2D eigenvalue weighted by Crippen LogP contribution is -2.64. The summed E-state index contributed by atoms with van der Waals surface area (Å²) in [5, 5.41) is 13.6. The Morgan fingerprint density at radius 2 is 2.07 bits per heavy atom. The monoisotopic (exact) mass is 406 g/mol. The molecule has 1 fully saturated rings. The lowest BCUT2D eigenvalue weighted by molar-refractivity contribution is -0.127. The fourth-order valence-corrected chi connectivity index (χ4v) is 4.26. The van der Waals surface area contributed by atoms with Crippen LogP contribution < -0.4 is 10.1 Å². The van der Waals surface area contributed by atoms with Gasteiger partial charge < -0.3 is 19.6 Å². The average molecular weight is 407 g/mol. The average Bonchev–Trinajstić information content (AvgIpc) is 3.04. The molecule has 0 saturated carbocycles. The molecule has 2 heterocycles. The van der Waals surface area contributed by atoms with Crippen LogP contribution in [0.1, 0.15) is 19.8 Å². The number of likely N-dealkylation sites (N-methyl/N-ethyl adjacent to an activating group) is 1. The van der Waals surface area contributed by atoms with E-state index in [2.05, 4.69) is 17.2 Å². The molecule has 3 unspecified atom stereocenters. The van der Waals surface area contributed by atoms with Crippen LogP contribution in [0.3, 0.4) is 0 Å². The van der Waals surface area contributed by atoms with E-state index in [1.54, 1.807) is 23.7 Å². The highest BCUT2D eigenvalue weighted by atomic mass is 32.2. The minimum atomic E-state index is -0.813. The van der Waals surface area contributed by atoms with Gasteiger partial charge >= 0.3 is 6.03 Å². The summed E-state index contributed by atoms with van der Waals surface area (Å²) >= 11 is 1.55. The topological polar surface area (TPSA) is 94.5 Å². The molecule has 1 aromatic carbocycles. The Bertz CT molecular complexity index is 730. The van der Waals surface area contributed by atoms with Crippen LogP contribution in [0.15, 0.2) is 35.3 Å². The fourth-order valence-electron chi connectivity index (χ4n) is 3.11. The van der Waals surface area contributed by atoms with Crippen LogP contribution in [0.5, 0.6) is 5.75 Å². The fraction of sp³-hybridized carbons (Fsp3) is 0.526.